The maximum absolute atomic E-state index is 13.5. The minimum absolute atomic E-state index is 0.201. The highest BCUT2D eigenvalue weighted by atomic mass is 19.1. The number of aromatic nitrogens is 2. The molecule has 1 N–H and O–H groups in total. The number of unbranched alkanes of at least 4 members (excludes halogenated alkanes) is 1. The second-order valence-corrected chi connectivity index (χ2v) is 4.84. The Kier molecular flexibility index (Phi) is 4.20. The zero-order valence-electron chi connectivity index (χ0n) is 11.7. The number of nitrogens with zero attached hydrogens (tertiary/aromatic N) is 2. The lowest BCUT2D eigenvalue weighted by Crippen LogP contribution is -2.03. The topological polar surface area (TPSA) is 29.9 Å². The molecule has 0 radical (unpaired) electrons. The van der Waals surface area contributed by atoms with Crippen LogP contribution in [0.1, 0.15) is 31.0 Å². The minimum Gasteiger partial charge on any atom is -0.326 e. The van der Waals surface area contributed by atoms with Crippen LogP contribution in [0, 0.1) is 19.7 Å². The Labute approximate surface area is 113 Å². The second-order valence-electron chi connectivity index (χ2n) is 4.84. The third kappa shape index (κ3) is 3.34. The first kappa shape index (κ1) is 13.6. The monoisotopic (exact) mass is 261 g/mol. The summed E-state index contributed by atoms with van der Waals surface area (Å²) in [7, 11) is 0. The van der Waals surface area contributed by atoms with Gasteiger partial charge in [0.05, 0.1) is 5.69 Å². The number of hydrogen-bond donors (Lipinski definition) is 1. The van der Waals surface area contributed by atoms with Gasteiger partial charge in [-0.2, -0.15) is 0 Å². The van der Waals surface area contributed by atoms with E-state index in [0.29, 0.717) is 5.56 Å². The highest BCUT2D eigenvalue weighted by Gasteiger charge is 2.06. The maximum atomic E-state index is 13.5. The number of halogens is 1. The largest absolute Gasteiger partial charge is 0.326 e. The van der Waals surface area contributed by atoms with E-state index in [2.05, 4.69) is 21.8 Å². The van der Waals surface area contributed by atoms with E-state index in [9.17, 15) is 4.39 Å². The Morgan fingerprint density at radius 3 is 2.79 bits per heavy atom. The number of anilines is 2. The lowest BCUT2D eigenvalue weighted by molar-refractivity contribution is 0.618. The van der Waals surface area contributed by atoms with Crippen molar-refractivity contribution in [1.82, 2.24) is 9.55 Å². The van der Waals surface area contributed by atoms with E-state index in [1.807, 2.05) is 19.2 Å². The van der Waals surface area contributed by atoms with Crippen LogP contribution in [-0.4, -0.2) is 9.55 Å². The molecule has 0 fully saturated rings. The first-order valence-electron chi connectivity index (χ1n) is 6.67. The quantitative estimate of drug-likeness (QED) is 0.875. The Bertz CT molecular complexity index is 561. The van der Waals surface area contributed by atoms with Crippen molar-refractivity contribution < 1.29 is 4.39 Å². The van der Waals surface area contributed by atoms with Gasteiger partial charge in [0, 0.05) is 18.4 Å². The molecule has 0 bridgehead atoms. The zero-order chi connectivity index (χ0) is 13.8. The van der Waals surface area contributed by atoms with Crippen molar-refractivity contribution in [1.29, 1.82) is 0 Å². The number of nitrogens with one attached hydrogen (secondary N) is 1. The van der Waals surface area contributed by atoms with Crippen molar-refractivity contribution in [2.45, 2.75) is 40.2 Å². The van der Waals surface area contributed by atoms with Gasteiger partial charge < -0.3 is 9.88 Å². The number of hydrogen-bond acceptors (Lipinski definition) is 2. The Hall–Kier alpha value is -1.84. The molecule has 0 unspecified atom stereocenters. The average Bonchev–Trinajstić information content (AvgIpc) is 2.71. The molecule has 0 atom stereocenters. The van der Waals surface area contributed by atoms with Gasteiger partial charge in [-0.3, -0.25) is 0 Å². The van der Waals surface area contributed by atoms with E-state index >= 15 is 0 Å². The second kappa shape index (κ2) is 5.87. The van der Waals surface area contributed by atoms with Crippen molar-refractivity contribution in [2.75, 3.05) is 5.32 Å². The average molecular weight is 261 g/mol. The number of rotatable bonds is 5. The predicted octanol–water partition coefficient (Wildman–Crippen LogP) is 4.18. The van der Waals surface area contributed by atoms with Crippen molar-refractivity contribution in [3.8, 4) is 0 Å². The first-order valence-corrected chi connectivity index (χ1v) is 6.67. The molecule has 2 rings (SSSR count). The smallest absolute Gasteiger partial charge is 0.207 e. The molecule has 2 aromatic rings. The fourth-order valence-corrected chi connectivity index (χ4v) is 1.95. The van der Waals surface area contributed by atoms with Crippen molar-refractivity contribution >= 4 is 11.6 Å². The van der Waals surface area contributed by atoms with E-state index in [1.165, 1.54) is 6.07 Å². The summed E-state index contributed by atoms with van der Waals surface area (Å²) in [5.41, 5.74) is 2.34. The molecule has 0 spiro atoms. The Balaban J connectivity index is 2.19. The normalized spacial score (nSPS) is 10.7. The van der Waals surface area contributed by atoms with Crippen LogP contribution in [0.4, 0.5) is 16.0 Å². The molecule has 0 saturated heterocycles. The zero-order valence-corrected chi connectivity index (χ0v) is 11.7. The fraction of sp³-hybridized carbons (Fsp3) is 0.400. The van der Waals surface area contributed by atoms with Crippen LogP contribution in [0.25, 0.3) is 0 Å². The van der Waals surface area contributed by atoms with Gasteiger partial charge in [-0.25, -0.2) is 9.37 Å². The van der Waals surface area contributed by atoms with Gasteiger partial charge in [0.2, 0.25) is 5.95 Å². The molecule has 1 heterocycles. The van der Waals surface area contributed by atoms with Crippen LogP contribution in [0.3, 0.4) is 0 Å². The Morgan fingerprint density at radius 1 is 1.32 bits per heavy atom. The van der Waals surface area contributed by atoms with E-state index in [1.54, 1.807) is 13.0 Å². The summed E-state index contributed by atoms with van der Waals surface area (Å²) in [6.45, 7) is 6.80. The first-order chi connectivity index (χ1) is 9.10. The summed E-state index contributed by atoms with van der Waals surface area (Å²) in [5.74, 6) is 0.572. The fourth-order valence-electron chi connectivity index (χ4n) is 1.95. The van der Waals surface area contributed by atoms with Gasteiger partial charge in [0.1, 0.15) is 5.82 Å². The summed E-state index contributed by atoms with van der Waals surface area (Å²) in [6, 6.07) is 5.14. The van der Waals surface area contributed by atoms with E-state index < -0.39 is 0 Å². The van der Waals surface area contributed by atoms with Gasteiger partial charge in [-0.1, -0.05) is 19.4 Å². The number of imidazole rings is 1. The summed E-state index contributed by atoms with van der Waals surface area (Å²) < 4.78 is 15.6. The molecule has 102 valence electrons. The molecular weight excluding hydrogens is 241 g/mol. The SMILES string of the molecule is CCCCn1cc(C)nc1Nc1ccc(C)c(F)c1. The standard InChI is InChI=1S/C15H20FN3/c1-4-5-8-19-10-12(3)17-15(19)18-13-7-6-11(2)14(16)9-13/h6-7,9-10H,4-5,8H2,1-3H3,(H,17,18). The predicted molar refractivity (Wildman–Crippen MR) is 76.3 cm³/mol. The Morgan fingerprint density at radius 2 is 2.11 bits per heavy atom. The molecular formula is C15H20FN3. The molecule has 1 aromatic carbocycles. The summed E-state index contributed by atoms with van der Waals surface area (Å²) in [4.78, 5) is 4.44. The summed E-state index contributed by atoms with van der Waals surface area (Å²) >= 11 is 0. The minimum atomic E-state index is -0.201. The van der Waals surface area contributed by atoms with Crippen molar-refractivity contribution in [2.24, 2.45) is 0 Å². The van der Waals surface area contributed by atoms with E-state index in [4.69, 9.17) is 0 Å². The molecule has 0 aliphatic heterocycles. The van der Waals surface area contributed by atoms with Gasteiger partial charge in [0.25, 0.3) is 0 Å². The number of benzene rings is 1. The van der Waals surface area contributed by atoms with Crippen LogP contribution in [-0.2, 0) is 6.54 Å². The third-order valence-corrected chi connectivity index (χ3v) is 3.08. The third-order valence-electron chi connectivity index (χ3n) is 3.08. The van der Waals surface area contributed by atoms with E-state index in [-0.39, 0.29) is 5.82 Å². The van der Waals surface area contributed by atoms with Gasteiger partial charge in [0.15, 0.2) is 0 Å². The molecule has 0 aliphatic carbocycles. The molecule has 1 aromatic heterocycles. The van der Waals surface area contributed by atoms with Crippen LogP contribution < -0.4 is 5.32 Å². The van der Waals surface area contributed by atoms with Crippen LogP contribution in [0.2, 0.25) is 0 Å². The summed E-state index contributed by atoms with van der Waals surface area (Å²) in [5, 5.41) is 3.18. The number of aryl methyl sites for hydroxylation is 3. The molecule has 4 heteroatoms. The lowest BCUT2D eigenvalue weighted by atomic mass is 10.2. The highest BCUT2D eigenvalue weighted by Crippen LogP contribution is 2.19. The molecule has 3 nitrogen and oxygen atoms in total. The molecule has 0 amide bonds. The van der Waals surface area contributed by atoms with Crippen LogP contribution in [0.5, 0.6) is 0 Å². The van der Waals surface area contributed by atoms with Crippen LogP contribution in [0.15, 0.2) is 24.4 Å². The molecule has 19 heavy (non-hydrogen) atoms. The molecule has 0 aliphatic rings. The van der Waals surface area contributed by atoms with Gasteiger partial charge in [-0.15, -0.1) is 0 Å². The van der Waals surface area contributed by atoms with Crippen molar-refractivity contribution in [3.63, 3.8) is 0 Å². The lowest BCUT2D eigenvalue weighted by Gasteiger charge is -2.09. The molecule has 0 saturated carbocycles. The van der Waals surface area contributed by atoms with Gasteiger partial charge in [-0.05, 0) is 38.0 Å². The highest BCUT2D eigenvalue weighted by molar-refractivity contribution is 5.54. The maximum Gasteiger partial charge on any atom is 0.207 e. The van der Waals surface area contributed by atoms with Crippen LogP contribution >= 0.6 is 0 Å². The van der Waals surface area contributed by atoms with E-state index in [0.717, 1.165) is 36.7 Å². The van der Waals surface area contributed by atoms with Gasteiger partial charge >= 0.3 is 0 Å². The summed E-state index contributed by atoms with van der Waals surface area (Å²) in [6.07, 6.45) is 4.26. The van der Waals surface area contributed by atoms with Crippen molar-refractivity contribution in [3.05, 3.63) is 41.5 Å².